The van der Waals surface area contributed by atoms with Gasteiger partial charge < -0.3 is 0 Å². The number of urea groups is 1. The molecule has 1 aromatic carbocycles. The van der Waals surface area contributed by atoms with Gasteiger partial charge in [0.25, 0.3) is 0 Å². The van der Waals surface area contributed by atoms with E-state index in [1.807, 2.05) is 18.2 Å². The predicted octanol–water partition coefficient (Wildman–Crippen LogP) is 1.01. The van der Waals surface area contributed by atoms with Crippen molar-refractivity contribution in [3.63, 3.8) is 0 Å². The molecular formula is C11H10N4O2. The molecule has 2 aromatic rings. The Bertz CT molecular complexity index is 604. The Morgan fingerprint density at radius 2 is 2.18 bits per heavy atom. The van der Waals surface area contributed by atoms with Crippen LogP contribution in [-0.4, -0.2) is 28.7 Å². The molecule has 0 aliphatic carbocycles. The number of H-pyrrole nitrogens is 1. The van der Waals surface area contributed by atoms with Crippen molar-refractivity contribution in [3.05, 3.63) is 24.4 Å². The van der Waals surface area contributed by atoms with Gasteiger partial charge in [-0.15, -0.1) is 0 Å². The Morgan fingerprint density at radius 3 is 3.00 bits per heavy atom. The first-order valence-corrected chi connectivity index (χ1v) is 5.28. The van der Waals surface area contributed by atoms with E-state index in [2.05, 4.69) is 15.5 Å². The monoisotopic (exact) mass is 230 g/mol. The minimum Gasteiger partial charge on any atom is -0.294 e. The van der Waals surface area contributed by atoms with Crippen molar-refractivity contribution in [2.24, 2.45) is 0 Å². The van der Waals surface area contributed by atoms with Crippen LogP contribution in [0.25, 0.3) is 10.9 Å². The van der Waals surface area contributed by atoms with Crippen molar-refractivity contribution in [1.82, 2.24) is 15.5 Å². The van der Waals surface area contributed by atoms with Crippen LogP contribution in [0.5, 0.6) is 0 Å². The molecular weight excluding hydrogens is 220 g/mol. The summed E-state index contributed by atoms with van der Waals surface area (Å²) in [5.41, 5.74) is 1.69. The van der Waals surface area contributed by atoms with E-state index < -0.39 is 0 Å². The molecule has 0 spiro atoms. The summed E-state index contributed by atoms with van der Waals surface area (Å²) < 4.78 is 0. The molecule has 6 heteroatoms. The van der Waals surface area contributed by atoms with Crippen LogP contribution >= 0.6 is 0 Å². The number of hydrogen-bond acceptors (Lipinski definition) is 3. The van der Waals surface area contributed by atoms with Crippen LogP contribution in [0.1, 0.15) is 6.42 Å². The van der Waals surface area contributed by atoms with E-state index in [0.717, 1.165) is 16.6 Å². The average molecular weight is 230 g/mol. The molecule has 1 saturated heterocycles. The highest BCUT2D eigenvalue weighted by atomic mass is 16.2. The van der Waals surface area contributed by atoms with Crippen molar-refractivity contribution in [2.75, 3.05) is 11.4 Å². The average Bonchev–Trinajstić information content (AvgIpc) is 2.75. The van der Waals surface area contributed by atoms with Crippen molar-refractivity contribution in [3.8, 4) is 0 Å². The Balaban J connectivity index is 1.97. The lowest BCUT2D eigenvalue weighted by molar-refractivity contribution is -0.120. The second-order valence-corrected chi connectivity index (χ2v) is 3.90. The highest BCUT2D eigenvalue weighted by Crippen LogP contribution is 2.22. The van der Waals surface area contributed by atoms with Crippen LogP contribution in [0.4, 0.5) is 10.5 Å². The first kappa shape index (κ1) is 9.83. The number of carbonyl (C=O) groups is 2. The van der Waals surface area contributed by atoms with Crippen molar-refractivity contribution < 1.29 is 9.59 Å². The topological polar surface area (TPSA) is 78.1 Å². The fraction of sp³-hybridized carbons (Fsp3) is 0.182. The number of carbonyl (C=O) groups excluding carboxylic acids is 2. The van der Waals surface area contributed by atoms with E-state index >= 15 is 0 Å². The van der Waals surface area contributed by atoms with E-state index in [-0.39, 0.29) is 11.9 Å². The van der Waals surface area contributed by atoms with Crippen molar-refractivity contribution in [1.29, 1.82) is 0 Å². The summed E-state index contributed by atoms with van der Waals surface area (Å²) >= 11 is 0. The van der Waals surface area contributed by atoms with E-state index in [1.165, 1.54) is 0 Å². The zero-order chi connectivity index (χ0) is 11.8. The summed E-state index contributed by atoms with van der Waals surface area (Å²) in [5.74, 6) is -0.226. The van der Waals surface area contributed by atoms with E-state index in [1.54, 1.807) is 11.1 Å². The molecule has 0 bridgehead atoms. The fourth-order valence-electron chi connectivity index (χ4n) is 1.91. The van der Waals surface area contributed by atoms with Gasteiger partial charge in [-0.05, 0) is 18.2 Å². The van der Waals surface area contributed by atoms with Gasteiger partial charge >= 0.3 is 6.03 Å². The molecule has 86 valence electrons. The largest absolute Gasteiger partial charge is 0.328 e. The van der Waals surface area contributed by atoms with Gasteiger partial charge in [0, 0.05) is 24.0 Å². The number of anilines is 1. The zero-order valence-corrected chi connectivity index (χ0v) is 8.93. The van der Waals surface area contributed by atoms with E-state index in [0.29, 0.717) is 13.0 Å². The lowest BCUT2D eigenvalue weighted by Crippen LogP contribution is -2.49. The normalized spacial score (nSPS) is 16.4. The molecule has 2 heterocycles. The number of fused-ring (bicyclic) bond motifs is 1. The number of nitrogens with zero attached hydrogens (tertiary/aromatic N) is 2. The number of aromatic amines is 1. The first-order valence-electron chi connectivity index (χ1n) is 5.28. The number of benzene rings is 1. The molecule has 0 atom stereocenters. The molecule has 1 aliphatic heterocycles. The third-order valence-corrected chi connectivity index (χ3v) is 2.79. The minimum atomic E-state index is -0.371. The number of imide groups is 1. The summed E-state index contributed by atoms with van der Waals surface area (Å²) in [4.78, 5) is 24.2. The summed E-state index contributed by atoms with van der Waals surface area (Å²) in [6.45, 7) is 0.411. The molecule has 3 amide bonds. The molecule has 1 fully saturated rings. The smallest absolute Gasteiger partial charge is 0.294 e. The number of rotatable bonds is 1. The van der Waals surface area contributed by atoms with Gasteiger partial charge in [0.15, 0.2) is 0 Å². The molecule has 3 rings (SSSR count). The van der Waals surface area contributed by atoms with Gasteiger partial charge in [-0.1, -0.05) is 0 Å². The minimum absolute atomic E-state index is 0.226. The maximum atomic E-state index is 11.7. The third-order valence-electron chi connectivity index (χ3n) is 2.79. The number of amides is 3. The second kappa shape index (κ2) is 3.58. The molecule has 17 heavy (non-hydrogen) atoms. The maximum absolute atomic E-state index is 11.7. The second-order valence-electron chi connectivity index (χ2n) is 3.90. The van der Waals surface area contributed by atoms with Crippen LogP contribution in [0.3, 0.4) is 0 Å². The maximum Gasteiger partial charge on any atom is 0.328 e. The number of aromatic nitrogens is 2. The lowest BCUT2D eigenvalue weighted by Gasteiger charge is -2.26. The van der Waals surface area contributed by atoms with Crippen LogP contribution < -0.4 is 10.2 Å². The zero-order valence-electron chi connectivity index (χ0n) is 8.93. The molecule has 6 nitrogen and oxygen atoms in total. The quantitative estimate of drug-likeness (QED) is 0.767. The number of hydrogen-bond donors (Lipinski definition) is 2. The van der Waals surface area contributed by atoms with Crippen molar-refractivity contribution >= 4 is 28.5 Å². The molecule has 2 N–H and O–H groups in total. The van der Waals surface area contributed by atoms with Crippen LogP contribution in [0.15, 0.2) is 24.4 Å². The SMILES string of the molecule is O=C1CCN(c2ccc3[nH]ncc3c2)C(=O)N1. The molecule has 0 unspecified atom stereocenters. The molecule has 1 aliphatic rings. The van der Waals surface area contributed by atoms with E-state index in [9.17, 15) is 9.59 Å². The van der Waals surface area contributed by atoms with Crippen LogP contribution in [-0.2, 0) is 4.79 Å². The van der Waals surface area contributed by atoms with Crippen LogP contribution in [0, 0.1) is 0 Å². The molecule has 1 aromatic heterocycles. The first-order chi connectivity index (χ1) is 8.24. The summed E-state index contributed by atoms with van der Waals surface area (Å²) in [5, 5.41) is 10.00. The van der Waals surface area contributed by atoms with Crippen LogP contribution in [0.2, 0.25) is 0 Å². The summed E-state index contributed by atoms with van der Waals surface area (Å²) in [6.07, 6.45) is 2.03. The molecule has 0 saturated carbocycles. The van der Waals surface area contributed by atoms with Gasteiger partial charge in [0.1, 0.15) is 0 Å². The van der Waals surface area contributed by atoms with Gasteiger partial charge in [0.05, 0.1) is 11.7 Å². The lowest BCUT2D eigenvalue weighted by atomic mass is 10.2. The molecule has 0 radical (unpaired) electrons. The Morgan fingerprint density at radius 1 is 1.29 bits per heavy atom. The number of nitrogens with one attached hydrogen (secondary N) is 2. The third kappa shape index (κ3) is 1.63. The Hall–Kier alpha value is -2.37. The standard InChI is InChI=1S/C11H10N4O2/c16-10-3-4-15(11(17)13-10)8-1-2-9-7(5-8)6-12-14-9/h1-2,5-6H,3-4H2,(H,12,14)(H,13,16,17). The summed E-state index contributed by atoms with van der Waals surface area (Å²) in [7, 11) is 0. The van der Waals surface area contributed by atoms with Gasteiger partial charge in [0.2, 0.25) is 5.91 Å². The fourth-order valence-corrected chi connectivity index (χ4v) is 1.91. The Kier molecular flexibility index (Phi) is 2.07. The van der Waals surface area contributed by atoms with Crippen molar-refractivity contribution in [2.45, 2.75) is 6.42 Å². The van der Waals surface area contributed by atoms with Gasteiger partial charge in [-0.25, -0.2) is 4.79 Å². The van der Waals surface area contributed by atoms with E-state index in [4.69, 9.17) is 0 Å². The summed E-state index contributed by atoms with van der Waals surface area (Å²) in [6, 6.07) is 5.19. The van der Waals surface area contributed by atoms with Gasteiger partial charge in [-0.2, -0.15) is 5.10 Å². The highest BCUT2D eigenvalue weighted by molar-refractivity contribution is 6.06. The highest BCUT2D eigenvalue weighted by Gasteiger charge is 2.24. The van der Waals surface area contributed by atoms with Gasteiger partial charge in [-0.3, -0.25) is 20.1 Å². The predicted molar refractivity (Wildman–Crippen MR) is 61.6 cm³/mol. The Labute approximate surface area is 96.6 Å².